The molecule has 1 N–H and O–H groups in total. The first-order valence-electron chi connectivity index (χ1n) is 6.58. The number of ether oxygens (including phenoxy) is 3. The van der Waals surface area contributed by atoms with Crippen LogP contribution in [0.25, 0.3) is 11.5 Å². The first kappa shape index (κ1) is 14.6. The van der Waals surface area contributed by atoms with Crippen molar-refractivity contribution in [2.45, 2.75) is 0 Å². The number of rotatable bonds is 5. The van der Waals surface area contributed by atoms with Gasteiger partial charge >= 0.3 is 6.01 Å². The number of oxazole rings is 1. The quantitative estimate of drug-likeness (QED) is 0.767. The summed E-state index contributed by atoms with van der Waals surface area (Å²) in [6.45, 7) is 0. The van der Waals surface area contributed by atoms with Gasteiger partial charge in [-0.15, -0.1) is 0 Å². The van der Waals surface area contributed by atoms with Crippen molar-refractivity contribution in [1.82, 2.24) is 15.0 Å². The van der Waals surface area contributed by atoms with E-state index in [4.69, 9.17) is 18.6 Å². The van der Waals surface area contributed by atoms with Crippen LogP contribution in [0.15, 0.2) is 41.1 Å². The molecule has 118 valence electrons. The van der Waals surface area contributed by atoms with Gasteiger partial charge in [0, 0.05) is 0 Å². The normalized spacial score (nSPS) is 10.3. The summed E-state index contributed by atoms with van der Waals surface area (Å²) in [6.07, 6.45) is 2.87. The van der Waals surface area contributed by atoms with Crippen LogP contribution >= 0.6 is 0 Å². The van der Waals surface area contributed by atoms with E-state index in [1.54, 1.807) is 12.1 Å². The molecule has 2 aromatic heterocycles. The molecule has 0 aliphatic carbocycles. The summed E-state index contributed by atoms with van der Waals surface area (Å²) >= 11 is 0. The van der Waals surface area contributed by atoms with E-state index in [-0.39, 0.29) is 35.2 Å². The molecule has 3 aromatic rings. The van der Waals surface area contributed by atoms with E-state index in [9.17, 15) is 5.11 Å². The Morgan fingerprint density at radius 3 is 2.43 bits per heavy atom. The predicted octanol–water partition coefficient (Wildman–Crippen LogP) is 2.65. The van der Waals surface area contributed by atoms with E-state index in [2.05, 4.69) is 15.0 Å². The lowest BCUT2D eigenvalue weighted by atomic mass is 10.2. The largest absolute Gasteiger partial charge is 0.507 e. The third kappa shape index (κ3) is 3.00. The zero-order chi connectivity index (χ0) is 16.2. The number of hydrogen-bond donors (Lipinski definition) is 1. The number of aromatic hydroxyl groups is 1. The number of phenolic OH excluding ortho intramolecular Hbond substituents is 1. The van der Waals surface area contributed by atoms with Gasteiger partial charge in [-0.1, -0.05) is 6.07 Å². The molecule has 0 aliphatic rings. The minimum absolute atomic E-state index is 0.000365. The number of benzene rings is 1. The first-order chi connectivity index (χ1) is 11.2. The van der Waals surface area contributed by atoms with Crippen molar-refractivity contribution in [3.8, 4) is 40.7 Å². The van der Waals surface area contributed by atoms with Crippen molar-refractivity contribution >= 4 is 0 Å². The van der Waals surface area contributed by atoms with E-state index in [1.807, 2.05) is 0 Å². The molecule has 0 spiro atoms. The lowest BCUT2D eigenvalue weighted by molar-refractivity contribution is 0.347. The van der Waals surface area contributed by atoms with Crippen LogP contribution in [0.2, 0.25) is 0 Å². The second kappa shape index (κ2) is 6.22. The summed E-state index contributed by atoms with van der Waals surface area (Å²) < 4.78 is 21.0. The number of nitrogens with zero attached hydrogens (tertiary/aromatic N) is 3. The Bertz CT molecular complexity index is 783. The smallest absolute Gasteiger partial charge is 0.328 e. The third-order valence-electron chi connectivity index (χ3n) is 2.93. The van der Waals surface area contributed by atoms with Gasteiger partial charge in [-0.3, -0.25) is 0 Å². The summed E-state index contributed by atoms with van der Waals surface area (Å²) in [7, 11) is 2.94. The molecule has 0 fully saturated rings. The predicted molar refractivity (Wildman–Crippen MR) is 78.8 cm³/mol. The number of phenols is 1. The summed E-state index contributed by atoms with van der Waals surface area (Å²) in [5, 5.41) is 10.1. The molecule has 0 bridgehead atoms. The second-order valence-electron chi connectivity index (χ2n) is 4.32. The van der Waals surface area contributed by atoms with E-state index in [1.165, 1.54) is 38.8 Å². The molecular weight excluding hydrogens is 302 g/mol. The maximum Gasteiger partial charge on any atom is 0.328 e. The van der Waals surface area contributed by atoms with Gasteiger partial charge < -0.3 is 23.7 Å². The van der Waals surface area contributed by atoms with Crippen molar-refractivity contribution in [3.63, 3.8) is 0 Å². The van der Waals surface area contributed by atoms with Gasteiger partial charge in [0.25, 0.3) is 0 Å². The molecule has 8 heteroatoms. The van der Waals surface area contributed by atoms with Crippen LogP contribution in [0.5, 0.6) is 29.3 Å². The molecule has 2 heterocycles. The Morgan fingerprint density at radius 2 is 1.83 bits per heavy atom. The lowest BCUT2D eigenvalue weighted by Crippen LogP contribution is -1.98. The van der Waals surface area contributed by atoms with Crippen LogP contribution in [0.3, 0.4) is 0 Å². The molecule has 23 heavy (non-hydrogen) atoms. The topological polar surface area (TPSA) is 99.7 Å². The highest BCUT2D eigenvalue weighted by molar-refractivity contribution is 5.70. The number of methoxy groups -OCH3 is 2. The molecule has 0 atom stereocenters. The minimum Gasteiger partial charge on any atom is -0.507 e. The fourth-order valence-electron chi connectivity index (χ4n) is 1.90. The van der Waals surface area contributed by atoms with E-state index >= 15 is 0 Å². The molecule has 0 unspecified atom stereocenters. The zero-order valence-corrected chi connectivity index (χ0v) is 12.4. The van der Waals surface area contributed by atoms with Crippen LogP contribution in [-0.2, 0) is 0 Å². The third-order valence-corrected chi connectivity index (χ3v) is 2.93. The van der Waals surface area contributed by atoms with Gasteiger partial charge in [0.15, 0.2) is 0 Å². The zero-order valence-electron chi connectivity index (χ0n) is 12.4. The Labute approximate surface area is 131 Å². The molecule has 0 saturated heterocycles. The molecular formula is C15H13N3O5. The fraction of sp³-hybridized carbons (Fsp3) is 0.133. The molecule has 0 amide bonds. The van der Waals surface area contributed by atoms with Gasteiger partial charge in [0.1, 0.15) is 23.3 Å². The summed E-state index contributed by atoms with van der Waals surface area (Å²) in [5.41, 5.74) is 0.294. The Kier molecular flexibility index (Phi) is 3.96. The molecule has 3 rings (SSSR count). The van der Waals surface area contributed by atoms with Crippen molar-refractivity contribution in [3.05, 3.63) is 36.7 Å². The standard InChI is InChI=1S/C15H13N3O5/c1-20-11-8-12(21-2)18-15(17-11)23-10-5-3-4-9(19)13(10)14-16-6-7-22-14/h3-8,19H,1-2H3. The van der Waals surface area contributed by atoms with Crippen molar-refractivity contribution in [1.29, 1.82) is 0 Å². The highest BCUT2D eigenvalue weighted by Crippen LogP contribution is 2.38. The maximum absolute atomic E-state index is 10.1. The Balaban J connectivity index is 2.03. The van der Waals surface area contributed by atoms with Crippen molar-refractivity contribution in [2.75, 3.05) is 14.2 Å². The van der Waals surface area contributed by atoms with Gasteiger partial charge in [0.05, 0.1) is 26.5 Å². The maximum atomic E-state index is 10.1. The van der Waals surface area contributed by atoms with Crippen LogP contribution < -0.4 is 14.2 Å². The van der Waals surface area contributed by atoms with Crippen LogP contribution in [0, 0.1) is 0 Å². The Hall–Kier alpha value is -3.29. The van der Waals surface area contributed by atoms with Gasteiger partial charge in [0.2, 0.25) is 17.7 Å². The molecule has 1 aromatic carbocycles. The average Bonchev–Trinajstić information content (AvgIpc) is 3.08. The lowest BCUT2D eigenvalue weighted by Gasteiger charge is -2.10. The van der Waals surface area contributed by atoms with E-state index in [0.29, 0.717) is 5.56 Å². The molecule has 0 aliphatic heterocycles. The fourth-order valence-corrected chi connectivity index (χ4v) is 1.90. The van der Waals surface area contributed by atoms with Crippen LogP contribution in [-0.4, -0.2) is 34.3 Å². The summed E-state index contributed by atoms with van der Waals surface area (Å²) in [4.78, 5) is 12.2. The second-order valence-corrected chi connectivity index (χ2v) is 4.32. The van der Waals surface area contributed by atoms with Crippen LogP contribution in [0.1, 0.15) is 0 Å². The average molecular weight is 315 g/mol. The Morgan fingerprint density at radius 1 is 1.09 bits per heavy atom. The summed E-state index contributed by atoms with van der Waals surface area (Å²) in [6, 6.07) is 6.27. The molecule has 0 saturated carbocycles. The van der Waals surface area contributed by atoms with Gasteiger partial charge in [-0.05, 0) is 12.1 Å². The minimum atomic E-state index is -0.0418. The number of aromatic nitrogens is 3. The van der Waals surface area contributed by atoms with Crippen molar-refractivity contribution in [2.24, 2.45) is 0 Å². The van der Waals surface area contributed by atoms with Gasteiger partial charge in [-0.25, -0.2) is 4.98 Å². The van der Waals surface area contributed by atoms with Gasteiger partial charge in [-0.2, -0.15) is 9.97 Å². The monoisotopic (exact) mass is 315 g/mol. The highest BCUT2D eigenvalue weighted by Gasteiger charge is 2.18. The van der Waals surface area contributed by atoms with Crippen molar-refractivity contribution < 1.29 is 23.7 Å². The SMILES string of the molecule is COc1cc(OC)nc(Oc2cccc(O)c2-c2ncco2)n1. The highest BCUT2D eigenvalue weighted by atomic mass is 16.5. The van der Waals surface area contributed by atoms with E-state index in [0.717, 1.165) is 0 Å². The molecule has 0 radical (unpaired) electrons. The van der Waals surface area contributed by atoms with Crippen LogP contribution in [0.4, 0.5) is 0 Å². The number of hydrogen-bond acceptors (Lipinski definition) is 8. The molecule has 8 nitrogen and oxygen atoms in total. The van der Waals surface area contributed by atoms with E-state index < -0.39 is 0 Å². The first-order valence-corrected chi connectivity index (χ1v) is 6.58. The summed E-state index contributed by atoms with van der Waals surface area (Å²) in [5.74, 6) is 1.02.